The van der Waals surface area contributed by atoms with Gasteiger partial charge in [-0.25, -0.2) is 4.98 Å². The number of pyridine rings is 1. The highest BCUT2D eigenvalue weighted by Gasteiger charge is 2.10. The van der Waals surface area contributed by atoms with Crippen LogP contribution < -0.4 is 15.4 Å². The SMILES string of the molecule is COc1ccccc1CN(C)c1ncc(Br)cc1N. The molecule has 0 saturated heterocycles. The smallest absolute Gasteiger partial charge is 0.151 e. The first kappa shape index (κ1) is 13.7. The molecule has 0 aliphatic carbocycles. The van der Waals surface area contributed by atoms with Crippen molar-refractivity contribution in [3.8, 4) is 5.75 Å². The zero-order chi connectivity index (χ0) is 13.8. The Kier molecular flexibility index (Phi) is 4.27. The van der Waals surface area contributed by atoms with Crippen LogP contribution >= 0.6 is 15.9 Å². The molecule has 0 amide bonds. The van der Waals surface area contributed by atoms with Crippen molar-refractivity contribution in [1.82, 2.24) is 4.98 Å². The van der Waals surface area contributed by atoms with E-state index in [0.717, 1.165) is 21.6 Å². The number of anilines is 2. The third-order valence-corrected chi connectivity index (χ3v) is 3.26. The zero-order valence-electron chi connectivity index (χ0n) is 10.9. The summed E-state index contributed by atoms with van der Waals surface area (Å²) >= 11 is 3.35. The third-order valence-electron chi connectivity index (χ3n) is 2.82. The summed E-state index contributed by atoms with van der Waals surface area (Å²) in [5.41, 5.74) is 7.72. The van der Waals surface area contributed by atoms with Crippen LogP contribution in [0.5, 0.6) is 5.75 Å². The van der Waals surface area contributed by atoms with Gasteiger partial charge < -0.3 is 15.4 Å². The van der Waals surface area contributed by atoms with Crippen LogP contribution in [-0.4, -0.2) is 19.1 Å². The molecule has 100 valence electrons. The van der Waals surface area contributed by atoms with Gasteiger partial charge in [-0.15, -0.1) is 0 Å². The lowest BCUT2D eigenvalue weighted by Crippen LogP contribution is -2.19. The number of methoxy groups -OCH3 is 1. The number of rotatable bonds is 4. The summed E-state index contributed by atoms with van der Waals surface area (Å²) in [6.07, 6.45) is 1.74. The highest BCUT2D eigenvalue weighted by molar-refractivity contribution is 9.10. The van der Waals surface area contributed by atoms with Crippen molar-refractivity contribution in [2.75, 3.05) is 24.8 Å². The third kappa shape index (κ3) is 3.17. The molecule has 5 heteroatoms. The van der Waals surface area contributed by atoms with E-state index in [-0.39, 0.29) is 0 Å². The minimum absolute atomic E-state index is 0.645. The molecule has 0 spiro atoms. The number of ether oxygens (including phenoxy) is 1. The van der Waals surface area contributed by atoms with Crippen molar-refractivity contribution >= 4 is 27.4 Å². The molecule has 1 aromatic heterocycles. The van der Waals surface area contributed by atoms with Crippen LogP contribution in [0.25, 0.3) is 0 Å². The minimum Gasteiger partial charge on any atom is -0.496 e. The lowest BCUT2D eigenvalue weighted by molar-refractivity contribution is 0.409. The molecule has 0 aliphatic rings. The molecule has 0 fully saturated rings. The Balaban J connectivity index is 2.23. The summed E-state index contributed by atoms with van der Waals surface area (Å²) in [7, 11) is 3.63. The fourth-order valence-corrected chi connectivity index (χ4v) is 2.28. The van der Waals surface area contributed by atoms with Gasteiger partial charge in [-0.05, 0) is 28.1 Å². The summed E-state index contributed by atoms with van der Waals surface area (Å²) in [5, 5.41) is 0. The predicted molar refractivity (Wildman–Crippen MR) is 81.5 cm³/mol. The molecule has 2 aromatic rings. The summed E-state index contributed by atoms with van der Waals surface area (Å²) in [4.78, 5) is 6.34. The van der Waals surface area contributed by atoms with Gasteiger partial charge in [-0.2, -0.15) is 0 Å². The monoisotopic (exact) mass is 321 g/mol. The summed E-state index contributed by atoms with van der Waals surface area (Å²) in [6, 6.07) is 9.77. The molecule has 4 nitrogen and oxygen atoms in total. The first-order chi connectivity index (χ1) is 9.11. The number of benzene rings is 1. The standard InChI is InChI=1S/C14H16BrN3O/c1-18(14-12(16)7-11(15)8-17-14)9-10-5-3-4-6-13(10)19-2/h3-8H,9,16H2,1-2H3. The van der Waals surface area contributed by atoms with Crippen LogP contribution in [0.15, 0.2) is 41.0 Å². The molecule has 0 radical (unpaired) electrons. The van der Waals surface area contributed by atoms with Crippen LogP contribution in [0.3, 0.4) is 0 Å². The van der Waals surface area contributed by atoms with Gasteiger partial charge in [0.1, 0.15) is 5.75 Å². The number of nitrogen functional groups attached to an aromatic ring is 1. The van der Waals surface area contributed by atoms with E-state index < -0.39 is 0 Å². The van der Waals surface area contributed by atoms with Crippen LogP contribution in [0, 0.1) is 0 Å². The molecule has 1 aromatic carbocycles. The van der Waals surface area contributed by atoms with Gasteiger partial charge in [0.2, 0.25) is 0 Å². The highest BCUT2D eigenvalue weighted by atomic mass is 79.9. The Bertz CT molecular complexity index is 574. The van der Waals surface area contributed by atoms with Gasteiger partial charge in [-0.3, -0.25) is 0 Å². The molecule has 0 saturated carbocycles. The molecule has 0 unspecified atom stereocenters. The van der Waals surface area contributed by atoms with Crippen molar-refractivity contribution in [2.45, 2.75) is 6.54 Å². The maximum atomic E-state index is 5.98. The lowest BCUT2D eigenvalue weighted by Gasteiger charge is -2.21. The molecule has 2 rings (SSSR count). The minimum atomic E-state index is 0.645. The first-order valence-corrected chi connectivity index (χ1v) is 6.65. The van der Waals surface area contributed by atoms with E-state index in [0.29, 0.717) is 12.2 Å². The Hall–Kier alpha value is -1.75. The lowest BCUT2D eigenvalue weighted by atomic mass is 10.2. The molecular formula is C14H16BrN3O. The van der Waals surface area contributed by atoms with Crippen molar-refractivity contribution in [3.05, 3.63) is 46.6 Å². The fourth-order valence-electron chi connectivity index (χ4n) is 1.93. The maximum absolute atomic E-state index is 5.98. The second-order valence-corrected chi connectivity index (χ2v) is 5.15. The second kappa shape index (κ2) is 5.93. The Morgan fingerprint density at radius 2 is 2.11 bits per heavy atom. The second-order valence-electron chi connectivity index (χ2n) is 4.23. The van der Waals surface area contributed by atoms with E-state index in [1.807, 2.05) is 42.3 Å². The van der Waals surface area contributed by atoms with E-state index in [2.05, 4.69) is 20.9 Å². The van der Waals surface area contributed by atoms with Gasteiger partial charge in [0.25, 0.3) is 0 Å². The Morgan fingerprint density at radius 1 is 1.37 bits per heavy atom. The molecular weight excluding hydrogens is 306 g/mol. The Labute approximate surface area is 121 Å². The van der Waals surface area contributed by atoms with E-state index in [4.69, 9.17) is 10.5 Å². The number of hydrogen-bond acceptors (Lipinski definition) is 4. The van der Waals surface area contributed by atoms with Crippen LogP contribution in [0.4, 0.5) is 11.5 Å². The Morgan fingerprint density at radius 3 is 2.79 bits per heavy atom. The van der Waals surface area contributed by atoms with Gasteiger partial charge in [0.05, 0.1) is 12.8 Å². The number of nitrogens with two attached hydrogens (primary N) is 1. The van der Waals surface area contributed by atoms with E-state index >= 15 is 0 Å². The van der Waals surface area contributed by atoms with Gasteiger partial charge in [0, 0.05) is 29.8 Å². The largest absolute Gasteiger partial charge is 0.496 e. The van der Waals surface area contributed by atoms with E-state index in [9.17, 15) is 0 Å². The predicted octanol–water partition coefficient (Wildman–Crippen LogP) is 3.07. The van der Waals surface area contributed by atoms with Crippen LogP contribution in [0.2, 0.25) is 0 Å². The molecule has 0 aliphatic heterocycles. The fraction of sp³-hybridized carbons (Fsp3) is 0.214. The van der Waals surface area contributed by atoms with Crippen molar-refractivity contribution in [1.29, 1.82) is 0 Å². The molecule has 0 atom stereocenters. The van der Waals surface area contributed by atoms with Crippen molar-refractivity contribution in [3.63, 3.8) is 0 Å². The molecule has 19 heavy (non-hydrogen) atoms. The number of aromatic nitrogens is 1. The first-order valence-electron chi connectivity index (χ1n) is 5.86. The highest BCUT2D eigenvalue weighted by Crippen LogP contribution is 2.26. The number of para-hydroxylation sites is 1. The van der Waals surface area contributed by atoms with E-state index in [1.54, 1.807) is 13.3 Å². The molecule has 0 bridgehead atoms. The maximum Gasteiger partial charge on any atom is 0.151 e. The zero-order valence-corrected chi connectivity index (χ0v) is 12.5. The van der Waals surface area contributed by atoms with Gasteiger partial charge in [0.15, 0.2) is 5.82 Å². The van der Waals surface area contributed by atoms with E-state index in [1.165, 1.54) is 0 Å². The average Bonchev–Trinajstić information content (AvgIpc) is 2.39. The normalized spacial score (nSPS) is 10.3. The average molecular weight is 322 g/mol. The number of nitrogens with zero attached hydrogens (tertiary/aromatic N) is 2. The summed E-state index contributed by atoms with van der Waals surface area (Å²) in [5.74, 6) is 1.62. The van der Waals surface area contributed by atoms with Gasteiger partial charge >= 0.3 is 0 Å². The van der Waals surface area contributed by atoms with Crippen molar-refractivity contribution in [2.24, 2.45) is 0 Å². The summed E-state index contributed by atoms with van der Waals surface area (Å²) < 4.78 is 6.22. The van der Waals surface area contributed by atoms with Gasteiger partial charge in [-0.1, -0.05) is 18.2 Å². The topological polar surface area (TPSA) is 51.4 Å². The molecule has 1 heterocycles. The molecule has 2 N–H and O–H groups in total. The summed E-state index contributed by atoms with van der Waals surface area (Å²) in [6.45, 7) is 0.683. The number of halogens is 1. The van der Waals surface area contributed by atoms with Crippen LogP contribution in [-0.2, 0) is 6.54 Å². The van der Waals surface area contributed by atoms with Crippen LogP contribution in [0.1, 0.15) is 5.56 Å². The quantitative estimate of drug-likeness (QED) is 0.940. The van der Waals surface area contributed by atoms with Crippen molar-refractivity contribution < 1.29 is 4.74 Å². The number of hydrogen-bond donors (Lipinski definition) is 1.